The van der Waals surface area contributed by atoms with Crippen LogP contribution in [0.15, 0.2) is 36.4 Å². The SMILES string of the molecule is CC(C)(C)CC(C(=O)N(N)C(=O)C(CC(C)(C)C)c1ccc(O)c(C(C)(C)C)c1)c1ccc(O)c(C(C)(C)C)c1. The van der Waals surface area contributed by atoms with Crippen LogP contribution in [0.2, 0.25) is 0 Å². The van der Waals surface area contributed by atoms with Crippen LogP contribution in [0.1, 0.15) is 130 Å². The Balaban J connectivity index is 2.61. The van der Waals surface area contributed by atoms with Crippen LogP contribution in [0.25, 0.3) is 0 Å². The van der Waals surface area contributed by atoms with Crippen molar-refractivity contribution in [3.63, 3.8) is 0 Å². The highest BCUT2D eigenvalue weighted by atomic mass is 16.3. The lowest BCUT2D eigenvalue weighted by atomic mass is 9.77. The number of phenols is 2. The first-order valence-corrected chi connectivity index (χ1v) is 14.2. The van der Waals surface area contributed by atoms with Gasteiger partial charge in [-0.05, 0) is 68.9 Å². The van der Waals surface area contributed by atoms with E-state index in [-0.39, 0.29) is 33.2 Å². The van der Waals surface area contributed by atoms with Crippen molar-refractivity contribution in [3.8, 4) is 11.5 Å². The Kier molecular flexibility index (Phi) is 9.63. The number of nitrogens with two attached hydrogens (primary N) is 1. The van der Waals surface area contributed by atoms with Gasteiger partial charge >= 0.3 is 0 Å². The summed E-state index contributed by atoms with van der Waals surface area (Å²) in [5.74, 6) is 4.48. The summed E-state index contributed by atoms with van der Waals surface area (Å²) in [5, 5.41) is 21.9. The Labute approximate surface area is 241 Å². The molecule has 0 heterocycles. The molecule has 2 atom stereocenters. The third-order valence-corrected chi connectivity index (χ3v) is 7.17. The lowest BCUT2D eigenvalue weighted by molar-refractivity contribution is -0.148. The Morgan fingerprint density at radius 1 is 0.650 bits per heavy atom. The second kappa shape index (κ2) is 11.6. The van der Waals surface area contributed by atoms with Gasteiger partial charge in [0.25, 0.3) is 11.8 Å². The number of hydrazine groups is 1. The zero-order valence-electron chi connectivity index (χ0n) is 26.8. The number of carbonyl (C=O) groups excluding carboxylic acids is 2. The molecule has 2 rings (SSSR count). The summed E-state index contributed by atoms with van der Waals surface area (Å²) in [4.78, 5) is 28.1. The van der Waals surface area contributed by atoms with Crippen LogP contribution in [0.5, 0.6) is 11.5 Å². The van der Waals surface area contributed by atoms with E-state index < -0.39 is 23.7 Å². The van der Waals surface area contributed by atoms with Crippen molar-refractivity contribution in [1.82, 2.24) is 5.01 Å². The minimum absolute atomic E-state index is 0.172. The molecule has 6 nitrogen and oxygen atoms in total. The fourth-order valence-electron chi connectivity index (χ4n) is 5.11. The fraction of sp³-hybridized carbons (Fsp3) is 0.588. The van der Waals surface area contributed by atoms with E-state index in [1.165, 1.54) is 0 Å². The second-order valence-corrected chi connectivity index (χ2v) is 15.7. The molecule has 40 heavy (non-hydrogen) atoms. The molecule has 2 amide bonds. The van der Waals surface area contributed by atoms with Gasteiger partial charge in [-0.1, -0.05) is 107 Å². The summed E-state index contributed by atoms with van der Waals surface area (Å²) in [6.07, 6.45) is 0.941. The van der Waals surface area contributed by atoms with E-state index in [9.17, 15) is 19.8 Å². The van der Waals surface area contributed by atoms with Crippen molar-refractivity contribution in [2.24, 2.45) is 16.7 Å². The molecule has 222 valence electrons. The highest BCUT2D eigenvalue weighted by molar-refractivity contribution is 6.00. The molecule has 0 radical (unpaired) electrons. The monoisotopic (exact) mass is 552 g/mol. The fourth-order valence-corrected chi connectivity index (χ4v) is 5.11. The molecule has 0 aliphatic rings. The molecule has 0 aliphatic carbocycles. The van der Waals surface area contributed by atoms with E-state index >= 15 is 0 Å². The standard InChI is InChI=1S/C34H52N2O4/c1-31(2,3)19-23(21-13-15-27(37)25(17-21)33(7,8)9)29(39)36(35)30(40)24(20-32(4,5)6)22-14-16-28(38)26(18-22)34(10,11)12/h13-18,23-24,37-38H,19-20,35H2,1-12H3. The highest BCUT2D eigenvalue weighted by Gasteiger charge is 2.37. The van der Waals surface area contributed by atoms with E-state index in [4.69, 9.17) is 5.84 Å². The van der Waals surface area contributed by atoms with Crippen LogP contribution in [-0.2, 0) is 20.4 Å². The normalized spacial score (nSPS) is 14.5. The highest BCUT2D eigenvalue weighted by Crippen LogP contribution is 2.40. The largest absolute Gasteiger partial charge is 0.508 e. The maximum atomic E-state index is 14.1. The summed E-state index contributed by atoms with van der Waals surface area (Å²) in [5.41, 5.74) is 1.77. The van der Waals surface area contributed by atoms with Crippen LogP contribution in [0.4, 0.5) is 0 Å². The van der Waals surface area contributed by atoms with E-state index in [0.717, 1.165) is 27.3 Å². The summed E-state index contributed by atoms with van der Waals surface area (Å²) >= 11 is 0. The number of imide groups is 1. The molecule has 0 aliphatic heterocycles. The van der Waals surface area contributed by atoms with Gasteiger partial charge in [-0.2, -0.15) is 0 Å². The predicted molar refractivity (Wildman–Crippen MR) is 163 cm³/mol. The molecule has 0 fully saturated rings. The van der Waals surface area contributed by atoms with Crippen molar-refractivity contribution in [3.05, 3.63) is 58.7 Å². The third-order valence-electron chi connectivity index (χ3n) is 7.17. The minimum Gasteiger partial charge on any atom is -0.508 e. The number of amides is 2. The average Bonchev–Trinajstić information content (AvgIpc) is 2.78. The van der Waals surface area contributed by atoms with Gasteiger partial charge in [0.2, 0.25) is 0 Å². The molecular weight excluding hydrogens is 500 g/mol. The first-order valence-electron chi connectivity index (χ1n) is 14.2. The molecule has 2 unspecified atom stereocenters. The molecule has 4 N–H and O–H groups in total. The van der Waals surface area contributed by atoms with Crippen LogP contribution in [-0.4, -0.2) is 27.0 Å². The summed E-state index contributed by atoms with van der Waals surface area (Å²) < 4.78 is 0. The summed E-state index contributed by atoms with van der Waals surface area (Å²) in [6.45, 7) is 24.3. The zero-order valence-corrected chi connectivity index (χ0v) is 26.8. The van der Waals surface area contributed by atoms with Crippen molar-refractivity contribution < 1.29 is 19.8 Å². The van der Waals surface area contributed by atoms with Gasteiger partial charge in [0, 0.05) is 0 Å². The van der Waals surface area contributed by atoms with E-state index in [1.807, 2.05) is 95.2 Å². The number of benzene rings is 2. The Bertz CT molecular complexity index is 1120. The van der Waals surface area contributed by atoms with Gasteiger partial charge in [-0.25, -0.2) is 10.9 Å². The first-order chi connectivity index (χ1) is 17.9. The molecule has 0 bridgehead atoms. The minimum atomic E-state index is -0.670. The molecule has 2 aromatic rings. The number of carbonyl (C=O) groups is 2. The molecule has 0 saturated carbocycles. The van der Waals surface area contributed by atoms with Crippen LogP contribution in [0.3, 0.4) is 0 Å². The van der Waals surface area contributed by atoms with E-state index in [0.29, 0.717) is 12.8 Å². The number of hydrogen-bond acceptors (Lipinski definition) is 5. The Hall–Kier alpha value is -2.86. The lowest BCUT2D eigenvalue weighted by Crippen LogP contribution is -2.48. The number of hydrogen-bond donors (Lipinski definition) is 3. The van der Waals surface area contributed by atoms with Gasteiger partial charge in [-0.15, -0.1) is 0 Å². The predicted octanol–water partition coefficient (Wildman–Crippen LogP) is 7.66. The molecule has 0 spiro atoms. The van der Waals surface area contributed by atoms with Crippen molar-refractivity contribution in [2.45, 2.75) is 119 Å². The number of rotatable bonds is 6. The zero-order chi connectivity index (χ0) is 31.0. The van der Waals surface area contributed by atoms with Crippen molar-refractivity contribution in [2.75, 3.05) is 0 Å². The van der Waals surface area contributed by atoms with Crippen LogP contribution in [0, 0.1) is 10.8 Å². The van der Waals surface area contributed by atoms with Crippen LogP contribution < -0.4 is 5.84 Å². The summed E-state index contributed by atoms with van der Waals surface area (Å²) in [7, 11) is 0. The number of aromatic hydroxyl groups is 2. The summed E-state index contributed by atoms with van der Waals surface area (Å²) in [6, 6.07) is 10.5. The maximum Gasteiger partial charge on any atom is 0.251 e. The van der Waals surface area contributed by atoms with Gasteiger partial charge in [-0.3, -0.25) is 9.59 Å². The molecule has 6 heteroatoms. The van der Waals surface area contributed by atoms with Gasteiger partial charge in [0.15, 0.2) is 0 Å². The number of phenolic OH excluding ortho intramolecular Hbond substituents is 2. The van der Waals surface area contributed by atoms with Gasteiger partial charge in [0.05, 0.1) is 11.8 Å². The number of nitrogens with zero attached hydrogens (tertiary/aromatic N) is 1. The smallest absolute Gasteiger partial charge is 0.251 e. The quantitative estimate of drug-likeness (QED) is 0.194. The van der Waals surface area contributed by atoms with Gasteiger partial charge < -0.3 is 10.2 Å². The Morgan fingerprint density at radius 3 is 1.20 bits per heavy atom. The molecule has 0 saturated heterocycles. The first kappa shape index (κ1) is 33.3. The molecular formula is C34H52N2O4. The molecule has 0 aromatic heterocycles. The maximum absolute atomic E-state index is 14.1. The average molecular weight is 553 g/mol. The van der Waals surface area contributed by atoms with Crippen LogP contribution >= 0.6 is 0 Å². The third kappa shape index (κ3) is 8.57. The second-order valence-electron chi connectivity index (χ2n) is 15.7. The van der Waals surface area contributed by atoms with E-state index in [1.54, 1.807) is 24.3 Å². The Morgan fingerprint density at radius 2 is 0.950 bits per heavy atom. The van der Waals surface area contributed by atoms with Gasteiger partial charge in [0.1, 0.15) is 11.5 Å². The van der Waals surface area contributed by atoms with Crippen molar-refractivity contribution in [1.29, 1.82) is 0 Å². The molecule has 2 aromatic carbocycles. The van der Waals surface area contributed by atoms with E-state index in [2.05, 4.69) is 0 Å². The lowest BCUT2D eigenvalue weighted by Gasteiger charge is -2.32. The topological polar surface area (TPSA) is 104 Å². The van der Waals surface area contributed by atoms with Crippen molar-refractivity contribution >= 4 is 11.8 Å².